The van der Waals surface area contributed by atoms with Crippen molar-refractivity contribution in [3.8, 4) is 11.1 Å². The van der Waals surface area contributed by atoms with Crippen molar-refractivity contribution in [1.82, 2.24) is 10.3 Å². The molecule has 1 unspecified atom stereocenters. The summed E-state index contributed by atoms with van der Waals surface area (Å²) in [5.41, 5.74) is 4.67. The van der Waals surface area contributed by atoms with Crippen molar-refractivity contribution in [1.29, 1.82) is 0 Å². The molecule has 0 amide bonds. The van der Waals surface area contributed by atoms with Gasteiger partial charge >= 0.3 is 0 Å². The number of pyridine rings is 1. The summed E-state index contributed by atoms with van der Waals surface area (Å²) in [5.74, 6) is -0.281. The molecule has 0 radical (unpaired) electrons. The average molecular weight is 256 g/mol. The third-order valence-corrected chi connectivity index (χ3v) is 3.74. The molecular formula is C16H17FN2. The molecule has 3 rings (SSSR count). The Kier molecular flexibility index (Phi) is 3.30. The molecular weight excluding hydrogens is 239 g/mol. The first kappa shape index (κ1) is 12.3. The zero-order valence-corrected chi connectivity index (χ0v) is 11.0. The van der Waals surface area contributed by atoms with Gasteiger partial charge in [0.2, 0.25) is 0 Å². The molecule has 0 saturated carbocycles. The summed E-state index contributed by atoms with van der Waals surface area (Å²) in [5, 5.41) is 3.50. The van der Waals surface area contributed by atoms with Gasteiger partial charge in [0, 0.05) is 17.8 Å². The van der Waals surface area contributed by atoms with E-state index in [9.17, 15) is 4.39 Å². The van der Waals surface area contributed by atoms with Gasteiger partial charge in [-0.1, -0.05) is 25.1 Å². The summed E-state index contributed by atoms with van der Waals surface area (Å²) >= 11 is 0. The van der Waals surface area contributed by atoms with Crippen LogP contribution in [0.3, 0.4) is 0 Å². The molecule has 1 aliphatic carbocycles. The van der Waals surface area contributed by atoms with E-state index in [-0.39, 0.29) is 5.82 Å². The van der Waals surface area contributed by atoms with Crippen LogP contribution in [-0.4, -0.2) is 11.5 Å². The second-order valence-electron chi connectivity index (χ2n) is 4.91. The summed E-state index contributed by atoms with van der Waals surface area (Å²) in [4.78, 5) is 3.95. The fourth-order valence-electron chi connectivity index (χ4n) is 2.94. The Morgan fingerprint density at radius 3 is 3.05 bits per heavy atom. The van der Waals surface area contributed by atoms with Crippen LogP contribution in [0.5, 0.6) is 0 Å². The van der Waals surface area contributed by atoms with E-state index in [0.29, 0.717) is 6.04 Å². The quantitative estimate of drug-likeness (QED) is 0.909. The third-order valence-electron chi connectivity index (χ3n) is 3.74. The van der Waals surface area contributed by atoms with Crippen LogP contribution in [0, 0.1) is 5.82 Å². The van der Waals surface area contributed by atoms with E-state index >= 15 is 0 Å². The Bertz CT molecular complexity index is 595. The maximum atomic E-state index is 13.3. The monoisotopic (exact) mass is 256 g/mol. The van der Waals surface area contributed by atoms with Gasteiger partial charge in [-0.25, -0.2) is 4.39 Å². The largest absolute Gasteiger partial charge is 0.310 e. The highest BCUT2D eigenvalue weighted by molar-refractivity contribution is 5.69. The van der Waals surface area contributed by atoms with Crippen molar-refractivity contribution in [3.63, 3.8) is 0 Å². The van der Waals surface area contributed by atoms with Crippen LogP contribution in [0.15, 0.2) is 36.7 Å². The predicted molar refractivity (Wildman–Crippen MR) is 74.4 cm³/mol. The number of nitrogens with zero attached hydrogens (tertiary/aromatic N) is 1. The minimum Gasteiger partial charge on any atom is -0.310 e. The molecule has 1 heterocycles. The molecule has 19 heavy (non-hydrogen) atoms. The van der Waals surface area contributed by atoms with Gasteiger partial charge in [0.15, 0.2) is 0 Å². The molecule has 2 nitrogen and oxygen atoms in total. The van der Waals surface area contributed by atoms with Crippen LogP contribution in [0.4, 0.5) is 4.39 Å². The fraction of sp³-hybridized carbons (Fsp3) is 0.312. The molecule has 0 saturated heterocycles. The second kappa shape index (κ2) is 5.10. The molecule has 1 N–H and O–H groups in total. The first-order chi connectivity index (χ1) is 9.29. The van der Waals surface area contributed by atoms with E-state index in [2.05, 4.69) is 35.4 Å². The normalized spacial score (nSPS) is 17.5. The topological polar surface area (TPSA) is 24.9 Å². The number of hydrogen-bond donors (Lipinski definition) is 1. The van der Waals surface area contributed by atoms with Crippen LogP contribution in [0.1, 0.15) is 30.5 Å². The van der Waals surface area contributed by atoms with E-state index in [0.717, 1.165) is 30.5 Å². The van der Waals surface area contributed by atoms with Gasteiger partial charge in [-0.05, 0) is 42.1 Å². The van der Waals surface area contributed by atoms with Crippen LogP contribution in [0.2, 0.25) is 0 Å². The Labute approximate surface area is 112 Å². The highest BCUT2D eigenvalue weighted by Gasteiger charge is 2.24. The SMILES string of the molecule is CCNC1CCc2c(-c3cncc(F)c3)cccc21. The third kappa shape index (κ3) is 2.26. The molecule has 1 aromatic heterocycles. The average Bonchev–Trinajstić information content (AvgIpc) is 2.83. The summed E-state index contributed by atoms with van der Waals surface area (Å²) in [7, 11) is 0. The van der Waals surface area contributed by atoms with Gasteiger partial charge in [0.05, 0.1) is 6.20 Å². The summed E-state index contributed by atoms with van der Waals surface area (Å²) in [6.45, 7) is 3.09. The Morgan fingerprint density at radius 2 is 2.26 bits per heavy atom. The number of rotatable bonds is 3. The number of halogens is 1. The number of benzene rings is 1. The predicted octanol–water partition coefficient (Wildman–Crippen LogP) is 3.48. The van der Waals surface area contributed by atoms with Crippen molar-refractivity contribution < 1.29 is 4.39 Å². The second-order valence-corrected chi connectivity index (χ2v) is 4.91. The van der Waals surface area contributed by atoms with Crippen LogP contribution < -0.4 is 5.32 Å². The van der Waals surface area contributed by atoms with Gasteiger partial charge < -0.3 is 5.32 Å². The van der Waals surface area contributed by atoms with E-state index in [1.54, 1.807) is 12.3 Å². The van der Waals surface area contributed by atoms with Gasteiger partial charge in [0.25, 0.3) is 0 Å². The molecule has 0 fully saturated rings. The minimum atomic E-state index is -0.281. The number of fused-ring (bicyclic) bond motifs is 1. The summed E-state index contributed by atoms with van der Waals surface area (Å²) in [6.07, 6.45) is 5.13. The van der Waals surface area contributed by atoms with E-state index < -0.39 is 0 Å². The maximum Gasteiger partial charge on any atom is 0.142 e. The molecule has 3 heteroatoms. The standard InChI is InChI=1S/C16H17FN2/c1-2-19-16-7-6-14-13(4-3-5-15(14)16)11-8-12(17)10-18-9-11/h3-5,8-10,16,19H,2,6-7H2,1H3. The minimum absolute atomic E-state index is 0.281. The Hall–Kier alpha value is -1.74. The van der Waals surface area contributed by atoms with Crippen molar-refractivity contribution >= 4 is 0 Å². The molecule has 0 spiro atoms. The van der Waals surface area contributed by atoms with Crippen molar-refractivity contribution in [2.75, 3.05) is 6.54 Å². The zero-order chi connectivity index (χ0) is 13.2. The lowest BCUT2D eigenvalue weighted by Crippen LogP contribution is -2.18. The lowest BCUT2D eigenvalue weighted by Gasteiger charge is -2.13. The highest BCUT2D eigenvalue weighted by atomic mass is 19.1. The molecule has 1 aliphatic rings. The molecule has 1 aromatic carbocycles. The molecule has 0 aliphatic heterocycles. The maximum absolute atomic E-state index is 13.3. The summed E-state index contributed by atoms with van der Waals surface area (Å²) in [6, 6.07) is 8.27. The van der Waals surface area contributed by atoms with Gasteiger partial charge in [0.1, 0.15) is 5.82 Å². The number of aromatic nitrogens is 1. The van der Waals surface area contributed by atoms with Gasteiger partial charge in [-0.3, -0.25) is 4.98 Å². The Morgan fingerprint density at radius 1 is 1.37 bits per heavy atom. The van der Waals surface area contributed by atoms with Gasteiger partial charge in [-0.15, -0.1) is 0 Å². The summed E-state index contributed by atoms with van der Waals surface area (Å²) < 4.78 is 13.3. The fourth-order valence-corrected chi connectivity index (χ4v) is 2.94. The number of nitrogens with one attached hydrogen (secondary N) is 1. The first-order valence-corrected chi connectivity index (χ1v) is 6.75. The van der Waals surface area contributed by atoms with Crippen LogP contribution >= 0.6 is 0 Å². The van der Waals surface area contributed by atoms with Crippen LogP contribution in [-0.2, 0) is 6.42 Å². The van der Waals surface area contributed by atoms with Gasteiger partial charge in [-0.2, -0.15) is 0 Å². The van der Waals surface area contributed by atoms with E-state index in [4.69, 9.17) is 0 Å². The molecule has 98 valence electrons. The lowest BCUT2D eigenvalue weighted by molar-refractivity contribution is 0.549. The lowest BCUT2D eigenvalue weighted by atomic mass is 9.97. The molecule has 0 bridgehead atoms. The first-order valence-electron chi connectivity index (χ1n) is 6.75. The number of hydrogen-bond acceptors (Lipinski definition) is 2. The van der Waals surface area contributed by atoms with Crippen molar-refractivity contribution in [2.24, 2.45) is 0 Å². The smallest absolute Gasteiger partial charge is 0.142 e. The molecule has 2 aromatic rings. The zero-order valence-electron chi connectivity index (χ0n) is 11.0. The van der Waals surface area contributed by atoms with Crippen molar-refractivity contribution in [3.05, 3.63) is 53.6 Å². The highest BCUT2D eigenvalue weighted by Crippen LogP contribution is 2.37. The molecule has 1 atom stereocenters. The van der Waals surface area contributed by atoms with E-state index in [1.165, 1.54) is 17.3 Å². The van der Waals surface area contributed by atoms with Crippen LogP contribution in [0.25, 0.3) is 11.1 Å². The van der Waals surface area contributed by atoms with E-state index in [1.807, 2.05) is 0 Å². The Balaban J connectivity index is 2.05. The van der Waals surface area contributed by atoms with Crippen molar-refractivity contribution in [2.45, 2.75) is 25.8 Å².